The van der Waals surface area contributed by atoms with Gasteiger partial charge in [0.15, 0.2) is 6.29 Å². The highest BCUT2D eigenvalue weighted by Crippen LogP contribution is 2.38. The lowest BCUT2D eigenvalue weighted by atomic mass is 10.1. The van der Waals surface area contributed by atoms with Gasteiger partial charge < -0.3 is 4.74 Å². The van der Waals surface area contributed by atoms with E-state index in [1.807, 2.05) is 23.9 Å². The predicted octanol–water partition coefficient (Wildman–Crippen LogP) is 2.59. The highest BCUT2D eigenvalue weighted by atomic mass is 32.2. The molecule has 0 amide bonds. The summed E-state index contributed by atoms with van der Waals surface area (Å²) in [7, 11) is 3.25. The fourth-order valence-corrected chi connectivity index (χ4v) is 2.19. The van der Waals surface area contributed by atoms with Crippen molar-refractivity contribution in [1.29, 1.82) is 0 Å². The van der Waals surface area contributed by atoms with Gasteiger partial charge in [0.2, 0.25) is 5.78 Å². The number of benzene rings is 1. The van der Waals surface area contributed by atoms with Crippen LogP contribution in [0.3, 0.4) is 0 Å². The topological polar surface area (TPSA) is 43.4 Å². The first-order valence-electron chi connectivity index (χ1n) is 5.37. The molecular formula is C13H16O3S. The second kappa shape index (κ2) is 7.25. The second-order valence-electron chi connectivity index (χ2n) is 3.73. The number of rotatable bonds is 4. The zero-order chi connectivity index (χ0) is 12.7. The van der Waals surface area contributed by atoms with Gasteiger partial charge in [-0.1, -0.05) is 0 Å². The molecule has 4 heteroatoms. The molecule has 1 aliphatic rings. The van der Waals surface area contributed by atoms with E-state index in [4.69, 9.17) is 0 Å². The summed E-state index contributed by atoms with van der Waals surface area (Å²) in [5.41, 5.74) is 0.472. The molecule has 92 valence electrons. The van der Waals surface area contributed by atoms with Crippen LogP contribution in [-0.2, 0) is 9.53 Å². The quantitative estimate of drug-likeness (QED) is 0.469. The van der Waals surface area contributed by atoms with Crippen molar-refractivity contribution in [2.45, 2.75) is 23.0 Å². The average Bonchev–Trinajstić information content (AvgIpc) is 3.14. The Kier molecular flexibility index (Phi) is 5.94. The Morgan fingerprint density at radius 3 is 2.24 bits per heavy atom. The molecule has 0 heterocycles. The van der Waals surface area contributed by atoms with Crippen molar-refractivity contribution in [1.82, 2.24) is 0 Å². The van der Waals surface area contributed by atoms with E-state index in [0.717, 1.165) is 5.25 Å². The van der Waals surface area contributed by atoms with Crippen LogP contribution < -0.4 is 0 Å². The number of aldehydes is 1. The van der Waals surface area contributed by atoms with E-state index in [9.17, 15) is 9.59 Å². The molecule has 0 atom stereocenters. The van der Waals surface area contributed by atoms with Crippen molar-refractivity contribution in [3.63, 3.8) is 0 Å². The van der Waals surface area contributed by atoms with Gasteiger partial charge in [0, 0.05) is 29.9 Å². The van der Waals surface area contributed by atoms with Crippen molar-refractivity contribution < 1.29 is 14.3 Å². The van der Waals surface area contributed by atoms with Crippen LogP contribution in [0.2, 0.25) is 0 Å². The van der Waals surface area contributed by atoms with Crippen molar-refractivity contribution in [3.05, 3.63) is 29.8 Å². The Morgan fingerprint density at radius 2 is 1.82 bits per heavy atom. The molecule has 1 aliphatic carbocycles. The van der Waals surface area contributed by atoms with E-state index in [1.165, 1.54) is 17.7 Å². The number of ether oxygens (including phenoxy) is 1. The van der Waals surface area contributed by atoms with Crippen LogP contribution in [0.1, 0.15) is 23.2 Å². The average molecular weight is 252 g/mol. The Labute approximate surface area is 106 Å². The molecule has 0 saturated heterocycles. The van der Waals surface area contributed by atoms with E-state index >= 15 is 0 Å². The molecule has 0 unspecified atom stereocenters. The summed E-state index contributed by atoms with van der Waals surface area (Å²) >= 11 is 1.84. The third-order valence-corrected chi connectivity index (χ3v) is 3.42. The Hall–Kier alpha value is -1.13. The monoisotopic (exact) mass is 252 g/mol. The molecule has 2 rings (SSSR count). The summed E-state index contributed by atoms with van der Waals surface area (Å²) < 4.78 is 4.25. The SMILES string of the molecule is COC.O=CC(=O)c1ccc(SC2CC2)cc1. The van der Waals surface area contributed by atoms with Gasteiger partial charge in [0.05, 0.1) is 0 Å². The molecule has 1 saturated carbocycles. The second-order valence-corrected chi connectivity index (χ2v) is 5.11. The van der Waals surface area contributed by atoms with Crippen molar-refractivity contribution >= 4 is 23.8 Å². The Morgan fingerprint density at radius 1 is 1.29 bits per heavy atom. The van der Waals surface area contributed by atoms with Gasteiger partial charge in [-0.05, 0) is 37.1 Å². The summed E-state index contributed by atoms with van der Waals surface area (Å²) in [6, 6.07) is 7.22. The van der Waals surface area contributed by atoms with Crippen molar-refractivity contribution in [2.75, 3.05) is 14.2 Å². The maximum absolute atomic E-state index is 11.0. The molecule has 0 spiro atoms. The molecule has 0 radical (unpaired) electrons. The van der Waals surface area contributed by atoms with Crippen LogP contribution in [-0.4, -0.2) is 31.5 Å². The number of ketones is 1. The van der Waals surface area contributed by atoms with Crippen molar-refractivity contribution in [2.24, 2.45) is 0 Å². The number of hydrogen-bond donors (Lipinski definition) is 0. The lowest BCUT2D eigenvalue weighted by molar-refractivity contribution is -0.104. The first kappa shape index (κ1) is 13.9. The van der Waals surface area contributed by atoms with Crippen LogP contribution in [0.5, 0.6) is 0 Å². The highest BCUT2D eigenvalue weighted by Gasteiger charge is 2.22. The minimum Gasteiger partial charge on any atom is -0.388 e. The number of hydrogen-bond acceptors (Lipinski definition) is 4. The summed E-state index contributed by atoms with van der Waals surface area (Å²) in [5, 5.41) is 0.766. The lowest BCUT2D eigenvalue weighted by Crippen LogP contribution is -1.98. The van der Waals surface area contributed by atoms with E-state index in [-0.39, 0.29) is 0 Å². The minimum atomic E-state index is -0.451. The van der Waals surface area contributed by atoms with E-state index in [2.05, 4.69) is 4.74 Å². The van der Waals surface area contributed by atoms with Gasteiger partial charge in [0.25, 0.3) is 0 Å². The Bertz CT molecular complexity index is 369. The highest BCUT2D eigenvalue weighted by molar-refractivity contribution is 8.00. The fourth-order valence-electron chi connectivity index (χ4n) is 1.14. The van der Waals surface area contributed by atoms with Gasteiger partial charge in [-0.3, -0.25) is 9.59 Å². The summed E-state index contributed by atoms with van der Waals surface area (Å²) in [6.07, 6.45) is 2.93. The van der Waals surface area contributed by atoms with Crippen LogP contribution in [0.4, 0.5) is 0 Å². The van der Waals surface area contributed by atoms with E-state index in [0.29, 0.717) is 11.8 Å². The van der Waals surface area contributed by atoms with Gasteiger partial charge in [-0.2, -0.15) is 0 Å². The fraction of sp³-hybridized carbons (Fsp3) is 0.385. The zero-order valence-corrected chi connectivity index (χ0v) is 10.8. The van der Waals surface area contributed by atoms with E-state index in [1.54, 1.807) is 26.4 Å². The first-order chi connectivity index (χ1) is 8.21. The predicted molar refractivity (Wildman–Crippen MR) is 68.6 cm³/mol. The standard InChI is InChI=1S/C11H10O2S.C2H6O/c12-7-11(13)8-1-3-9(4-2-8)14-10-5-6-10;1-3-2/h1-4,7,10H,5-6H2;1-2H3. The maximum atomic E-state index is 11.0. The van der Waals surface area contributed by atoms with Crippen LogP contribution in [0, 0.1) is 0 Å². The van der Waals surface area contributed by atoms with Gasteiger partial charge in [-0.25, -0.2) is 0 Å². The molecule has 1 aromatic rings. The van der Waals surface area contributed by atoms with Gasteiger partial charge >= 0.3 is 0 Å². The first-order valence-corrected chi connectivity index (χ1v) is 6.25. The third kappa shape index (κ3) is 5.15. The zero-order valence-electron chi connectivity index (χ0n) is 10.0. The van der Waals surface area contributed by atoms with Crippen molar-refractivity contribution in [3.8, 4) is 0 Å². The molecule has 1 fully saturated rings. The summed E-state index contributed by atoms with van der Waals surface area (Å²) in [6.45, 7) is 0. The van der Waals surface area contributed by atoms with E-state index < -0.39 is 5.78 Å². The largest absolute Gasteiger partial charge is 0.388 e. The number of methoxy groups -OCH3 is 1. The normalized spacial score (nSPS) is 13.5. The Balaban J connectivity index is 0.000000437. The molecule has 0 aromatic heterocycles. The van der Waals surface area contributed by atoms with Gasteiger partial charge in [0.1, 0.15) is 0 Å². The number of Topliss-reactive ketones (excluding diaryl/α,β-unsaturated/α-hetero) is 1. The number of thioether (sulfide) groups is 1. The molecule has 1 aromatic carbocycles. The number of carbonyl (C=O) groups excluding carboxylic acids is 2. The summed E-state index contributed by atoms with van der Waals surface area (Å²) in [4.78, 5) is 22.4. The minimum absolute atomic E-state index is 0.350. The molecular weight excluding hydrogens is 236 g/mol. The maximum Gasteiger partial charge on any atom is 0.225 e. The smallest absolute Gasteiger partial charge is 0.225 e. The molecule has 0 N–H and O–H groups in total. The molecule has 0 bridgehead atoms. The molecule has 17 heavy (non-hydrogen) atoms. The third-order valence-electron chi connectivity index (χ3n) is 2.07. The number of carbonyl (C=O) groups is 2. The molecule has 3 nitrogen and oxygen atoms in total. The lowest BCUT2D eigenvalue weighted by Gasteiger charge is -1.99. The van der Waals surface area contributed by atoms with Gasteiger partial charge in [-0.15, -0.1) is 11.8 Å². The summed E-state index contributed by atoms with van der Waals surface area (Å²) in [5.74, 6) is -0.451. The van der Waals surface area contributed by atoms with Crippen LogP contribution in [0.25, 0.3) is 0 Å². The van der Waals surface area contributed by atoms with Crippen LogP contribution >= 0.6 is 11.8 Å². The van der Waals surface area contributed by atoms with Crippen LogP contribution in [0.15, 0.2) is 29.2 Å². The molecule has 0 aliphatic heterocycles.